The third-order valence-electron chi connectivity index (χ3n) is 7.21. The minimum absolute atomic E-state index is 0. The number of anilines is 3. The number of amides is 2. The van der Waals surface area contributed by atoms with Gasteiger partial charge < -0.3 is 24.7 Å². The van der Waals surface area contributed by atoms with Crippen LogP contribution in [0.5, 0.6) is 0 Å². The Morgan fingerprint density at radius 1 is 0.745 bits per heavy atom. The van der Waals surface area contributed by atoms with Crippen molar-refractivity contribution < 1.29 is 137 Å². The molecule has 0 bridgehead atoms. The van der Waals surface area contributed by atoms with Gasteiger partial charge in [0.15, 0.2) is 6.04 Å². The first-order valence-electron chi connectivity index (χ1n) is 14.4. The molecule has 5 rings (SSSR count). The molecule has 0 spiro atoms. The average Bonchev–Trinajstić information content (AvgIpc) is 3.34. The SMILES string of the molecule is CC1=NN(c2cc(S(=O)(=O)[O-])ccc2S(=O)(=O)[O-])C(=O)C1N=Nc1ccc(NC(=O)c2ccc(N=Nc3ccc(N)cc3C)cc2)c(S(=O)(=O)[O-])c1.[Na+].[Na+].[Na+]. The molecule has 270 valence electrons. The van der Waals surface area contributed by atoms with Crippen LogP contribution in [0.25, 0.3) is 0 Å². The van der Waals surface area contributed by atoms with Gasteiger partial charge in [-0.1, -0.05) is 0 Å². The Hall–Kier alpha value is -2.78. The number of nitrogen functional groups attached to an aromatic ring is 1. The van der Waals surface area contributed by atoms with Gasteiger partial charge in [0.2, 0.25) is 0 Å². The van der Waals surface area contributed by atoms with Crippen molar-refractivity contribution in [2.75, 3.05) is 16.1 Å². The second kappa shape index (κ2) is 19.1. The van der Waals surface area contributed by atoms with E-state index in [2.05, 4.69) is 30.9 Å². The van der Waals surface area contributed by atoms with E-state index in [4.69, 9.17) is 5.73 Å². The van der Waals surface area contributed by atoms with Gasteiger partial charge in [0.25, 0.3) is 11.8 Å². The molecule has 2 amide bonds. The number of azo groups is 2. The van der Waals surface area contributed by atoms with Gasteiger partial charge in [0.05, 0.1) is 48.8 Å². The van der Waals surface area contributed by atoms with Gasteiger partial charge in [-0.2, -0.15) is 30.6 Å². The van der Waals surface area contributed by atoms with Gasteiger partial charge >= 0.3 is 88.7 Å². The number of hydrogen-bond donors (Lipinski definition) is 2. The van der Waals surface area contributed by atoms with Crippen LogP contribution in [-0.2, 0) is 35.1 Å². The number of nitrogens with zero attached hydrogens (tertiary/aromatic N) is 6. The van der Waals surface area contributed by atoms with Crippen molar-refractivity contribution in [3.05, 3.63) is 90.0 Å². The van der Waals surface area contributed by atoms with Crippen LogP contribution in [-0.4, -0.2) is 62.5 Å². The van der Waals surface area contributed by atoms with Gasteiger partial charge in [-0.05, 0) is 98.3 Å². The fourth-order valence-electron chi connectivity index (χ4n) is 4.68. The first kappa shape index (κ1) is 48.4. The van der Waals surface area contributed by atoms with Gasteiger partial charge in [-0.15, -0.1) is 0 Å². The molecule has 0 radical (unpaired) electrons. The molecule has 4 aromatic rings. The summed E-state index contributed by atoms with van der Waals surface area (Å²) in [5, 5.41) is 22.4. The molecule has 0 aromatic heterocycles. The molecular weight excluding hydrogens is 814 g/mol. The van der Waals surface area contributed by atoms with Gasteiger partial charge in [-0.25, -0.2) is 25.3 Å². The van der Waals surface area contributed by atoms with Crippen molar-refractivity contribution >= 4 is 82.0 Å². The van der Waals surface area contributed by atoms with E-state index in [-0.39, 0.29) is 106 Å². The molecule has 4 aromatic carbocycles. The Morgan fingerprint density at radius 3 is 1.95 bits per heavy atom. The number of benzene rings is 4. The third-order valence-corrected chi connectivity index (χ3v) is 9.80. The van der Waals surface area contributed by atoms with E-state index in [1.165, 1.54) is 31.2 Å². The van der Waals surface area contributed by atoms with Crippen molar-refractivity contribution in [3.63, 3.8) is 0 Å². The number of carbonyl (C=O) groups is 2. The van der Waals surface area contributed by atoms with Crippen LogP contribution >= 0.6 is 0 Å². The Bertz CT molecular complexity index is 2570. The summed E-state index contributed by atoms with van der Waals surface area (Å²) in [5.74, 6) is -1.91. The summed E-state index contributed by atoms with van der Waals surface area (Å²) in [6, 6.07) is 13.8. The van der Waals surface area contributed by atoms with Crippen molar-refractivity contribution in [1.29, 1.82) is 0 Å². The molecule has 1 aliphatic heterocycles. The summed E-state index contributed by atoms with van der Waals surface area (Å²) in [6.45, 7) is 3.07. The summed E-state index contributed by atoms with van der Waals surface area (Å²) >= 11 is 0. The Balaban J connectivity index is 0.00000348. The smallest absolute Gasteiger partial charge is 0.744 e. The maximum Gasteiger partial charge on any atom is 1.00 e. The van der Waals surface area contributed by atoms with Crippen LogP contribution in [0, 0.1) is 6.92 Å². The van der Waals surface area contributed by atoms with E-state index in [1.54, 1.807) is 18.2 Å². The molecule has 1 heterocycles. The molecule has 3 N–H and O–H groups in total. The Kier molecular flexibility index (Phi) is 16.8. The van der Waals surface area contributed by atoms with Crippen LogP contribution in [0.2, 0.25) is 0 Å². The molecule has 0 saturated carbocycles. The Morgan fingerprint density at radius 2 is 1.36 bits per heavy atom. The molecule has 0 aliphatic carbocycles. The number of rotatable bonds is 10. The number of nitrogens with one attached hydrogen (secondary N) is 1. The topological polar surface area (TPSA) is 309 Å². The van der Waals surface area contributed by atoms with E-state index in [1.807, 2.05) is 6.92 Å². The average molecular weight is 837 g/mol. The van der Waals surface area contributed by atoms with Gasteiger partial charge in [0.1, 0.15) is 30.4 Å². The molecule has 1 aliphatic rings. The van der Waals surface area contributed by atoms with Crippen LogP contribution in [0.4, 0.5) is 34.1 Å². The minimum atomic E-state index is -5.30. The predicted molar refractivity (Wildman–Crippen MR) is 180 cm³/mol. The van der Waals surface area contributed by atoms with E-state index in [0.717, 1.165) is 23.8 Å². The second-order valence-corrected chi connectivity index (χ2v) is 15.0. The fourth-order valence-corrected chi connectivity index (χ4v) is 6.46. The zero-order valence-electron chi connectivity index (χ0n) is 29.6. The number of hydrazone groups is 1. The Labute approximate surface area is 381 Å². The maximum absolute atomic E-state index is 13.2. The molecular formula is C30H23N8Na3O11S3. The van der Waals surface area contributed by atoms with Crippen molar-refractivity contribution in [3.8, 4) is 0 Å². The number of hydrogen-bond acceptors (Lipinski definition) is 17. The van der Waals surface area contributed by atoms with E-state index >= 15 is 0 Å². The zero-order chi connectivity index (χ0) is 38.2. The zero-order valence-corrected chi connectivity index (χ0v) is 38.0. The van der Waals surface area contributed by atoms with Crippen LogP contribution in [0.15, 0.2) is 119 Å². The molecule has 25 heteroatoms. The quantitative estimate of drug-likeness (QED) is 0.0656. The monoisotopic (exact) mass is 836 g/mol. The molecule has 0 saturated heterocycles. The van der Waals surface area contributed by atoms with E-state index in [9.17, 15) is 48.5 Å². The summed E-state index contributed by atoms with van der Waals surface area (Å²) < 4.78 is 106. The standard InChI is InChI=1S/C30H26N8O11S3.3Na/c1-16-13-19(31)5-10-23(16)35-33-20-6-3-18(4-7-20)29(39)32-24-11-8-21(14-27(24)52(47,48)49)34-36-28-17(2)37-38(30(28)40)25-15-22(50(41,42)43)9-12-26(25)51(44,45)46;;;/h3-15,28H,31H2,1-2H3,(H,32,39)(H,41,42,43)(H,44,45,46)(H,47,48,49);;;/q;3*+1/p-3. The molecule has 1 unspecified atom stereocenters. The number of aryl methyl sites for hydroxylation is 1. The van der Waals surface area contributed by atoms with Crippen molar-refractivity contribution in [1.82, 2.24) is 0 Å². The summed E-state index contributed by atoms with van der Waals surface area (Å²) in [7, 11) is -15.7. The summed E-state index contributed by atoms with van der Waals surface area (Å²) in [5.41, 5.74) is 6.52. The van der Waals surface area contributed by atoms with Crippen molar-refractivity contribution in [2.24, 2.45) is 25.6 Å². The molecule has 0 fully saturated rings. The van der Waals surface area contributed by atoms with E-state index in [0.29, 0.717) is 40.3 Å². The molecule has 55 heavy (non-hydrogen) atoms. The second-order valence-electron chi connectivity index (χ2n) is 10.9. The third kappa shape index (κ3) is 11.9. The van der Waals surface area contributed by atoms with Crippen molar-refractivity contribution in [2.45, 2.75) is 34.6 Å². The summed E-state index contributed by atoms with van der Waals surface area (Å²) in [6.07, 6.45) is 0. The van der Waals surface area contributed by atoms with Crippen LogP contribution in [0.3, 0.4) is 0 Å². The largest absolute Gasteiger partial charge is 1.00 e. The predicted octanol–water partition coefficient (Wildman–Crippen LogP) is -5.16. The normalized spacial score (nSPS) is 14.6. The molecule has 19 nitrogen and oxygen atoms in total. The molecule has 1 atom stereocenters. The first-order chi connectivity index (χ1) is 24.2. The first-order valence-corrected chi connectivity index (χ1v) is 18.6. The minimum Gasteiger partial charge on any atom is -0.744 e. The van der Waals surface area contributed by atoms with Gasteiger partial charge in [-0.3, -0.25) is 9.59 Å². The number of carbonyl (C=O) groups excluding carboxylic acids is 2. The number of nitrogens with two attached hydrogens (primary N) is 1. The van der Waals surface area contributed by atoms with Crippen LogP contribution < -0.4 is 105 Å². The maximum atomic E-state index is 13.2. The fraction of sp³-hybridized carbons (Fsp3) is 0.100. The van der Waals surface area contributed by atoms with E-state index < -0.39 is 74.3 Å². The van der Waals surface area contributed by atoms with Gasteiger partial charge in [0, 0.05) is 11.3 Å². The summed E-state index contributed by atoms with van der Waals surface area (Å²) in [4.78, 5) is 23.2. The van der Waals surface area contributed by atoms with Crippen LogP contribution in [0.1, 0.15) is 22.8 Å².